The minimum Gasteiger partial charge on any atom is -0.505 e. The van der Waals surface area contributed by atoms with Crippen LogP contribution in [0, 0.1) is 0 Å². The summed E-state index contributed by atoms with van der Waals surface area (Å²) in [4.78, 5) is 11.2. The molecule has 0 aliphatic carbocycles. The summed E-state index contributed by atoms with van der Waals surface area (Å²) in [7, 11) is 0. The SMILES string of the molecule is O=C(CCl)c1ccc(Br)c(O)c1Cl. The van der Waals surface area contributed by atoms with Gasteiger partial charge in [-0.25, -0.2) is 0 Å². The van der Waals surface area contributed by atoms with E-state index in [4.69, 9.17) is 23.2 Å². The lowest BCUT2D eigenvalue weighted by molar-refractivity contribution is 0.102. The molecule has 1 rings (SSSR count). The van der Waals surface area contributed by atoms with Crippen LogP contribution < -0.4 is 0 Å². The third-order valence-electron chi connectivity index (χ3n) is 1.49. The third kappa shape index (κ3) is 2.16. The van der Waals surface area contributed by atoms with E-state index in [-0.39, 0.29) is 28.0 Å². The fraction of sp³-hybridized carbons (Fsp3) is 0.125. The summed E-state index contributed by atoms with van der Waals surface area (Å²) in [5.41, 5.74) is 0.234. The number of aromatic hydroxyl groups is 1. The summed E-state index contributed by atoms with van der Waals surface area (Å²) < 4.78 is 0.448. The molecule has 0 aromatic heterocycles. The fourth-order valence-electron chi connectivity index (χ4n) is 0.828. The summed E-state index contributed by atoms with van der Waals surface area (Å²) in [6.45, 7) is 0. The number of carbonyl (C=O) groups excluding carboxylic acids is 1. The molecule has 0 radical (unpaired) electrons. The van der Waals surface area contributed by atoms with Gasteiger partial charge >= 0.3 is 0 Å². The Balaban J connectivity index is 3.26. The second-order valence-electron chi connectivity index (χ2n) is 2.31. The zero-order chi connectivity index (χ0) is 10.0. The van der Waals surface area contributed by atoms with Gasteiger partial charge in [0, 0.05) is 5.56 Å². The van der Waals surface area contributed by atoms with Gasteiger partial charge in [-0.3, -0.25) is 4.79 Å². The Labute approximate surface area is 93.6 Å². The maximum Gasteiger partial charge on any atom is 0.179 e. The summed E-state index contributed by atoms with van der Waals surface area (Å²) in [5, 5.41) is 9.39. The molecule has 0 heterocycles. The number of phenols is 1. The molecule has 0 amide bonds. The van der Waals surface area contributed by atoms with Crippen LogP contribution in [0.3, 0.4) is 0 Å². The maximum atomic E-state index is 11.2. The highest BCUT2D eigenvalue weighted by Gasteiger charge is 2.14. The molecule has 0 spiro atoms. The lowest BCUT2D eigenvalue weighted by Gasteiger charge is -2.04. The van der Waals surface area contributed by atoms with Gasteiger partial charge < -0.3 is 5.11 Å². The topological polar surface area (TPSA) is 37.3 Å². The van der Waals surface area contributed by atoms with Crippen molar-refractivity contribution < 1.29 is 9.90 Å². The van der Waals surface area contributed by atoms with Crippen LogP contribution in [-0.2, 0) is 0 Å². The van der Waals surface area contributed by atoms with Gasteiger partial charge in [0.05, 0.1) is 15.4 Å². The molecule has 2 nitrogen and oxygen atoms in total. The Hall–Kier alpha value is -0.250. The molecule has 70 valence electrons. The van der Waals surface area contributed by atoms with Gasteiger partial charge in [0.1, 0.15) is 5.75 Å². The van der Waals surface area contributed by atoms with Crippen LogP contribution in [-0.4, -0.2) is 16.8 Å². The van der Waals surface area contributed by atoms with Crippen molar-refractivity contribution in [2.24, 2.45) is 0 Å². The second kappa shape index (κ2) is 4.31. The minimum absolute atomic E-state index is 0.0278. The van der Waals surface area contributed by atoms with Crippen molar-refractivity contribution in [2.45, 2.75) is 0 Å². The normalized spacial score (nSPS) is 10.1. The van der Waals surface area contributed by atoms with Crippen LogP contribution in [0.4, 0.5) is 0 Å². The Bertz CT molecular complexity index is 352. The van der Waals surface area contributed by atoms with Gasteiger partial charge in [0.15, 0.2) is 5.78 Å². The Morgan fingerprint density at radius 3 is 2.69 bits per heavy atom. The molecule has 0 atom stereocenters. The van der Waals surface area contributed by atoms with Gasteiger partial charge in [-0.1, -0.05) is 11.6 Å². The molecule has 0 saturated carbocycles. The molecule has 1 N–H and O–H groups in total. The number of ketones is 1. The zero-order valence-corrected chi connectivity index (χ0v) is 9.45. The van der Waals surface area contributed by atoms with Gasteiger partial charge in [-0.15, -0.1) is 11.6 Å². The highest BCUT2D eigenvalue weighted by molar-refractivity contribution is 9.10. The molecular weight excluding hydrogens is 279 g/mol. The summed E-state index contributed by atoms with van der Waals surface area (Å²) in [6.07, 6.45) is 0. The van der Waals surface area contributed by atoms with Crippen LogP contribution in [0.5, 0.6) is 5.75 Å². The first-order valence-electron chi connectivity index (χ1n) is 3.34. The Kier molecular flexibility index (Phi) is 3.59. The van der Waals surface area contributed by atoms with Crippen molar-refractivity contribution in [1.82, 2.24) is 0 Å². The van der Waals surface area contributed by atoms with Crippen molar-refractivity contribution in [3.8, 4) is 5.75 Å². The summed E-state index contributed by atoms with van der Waals surface area (Å²) in [5.74, 6) is -0.604. The molecule has 0 bridgehead atoms. The van der Waals surface area contributed by atoms with E-state index in [0.717, 1.165) is 0 Å². The number of hydrogen-bond acceptors (Lipinski definition) is 2. The number of Topliss-reactive ketones (excluding diaryl/α,β-unsaturated/α-hetero) is 1. The molecule has 1 aromatic rings. The van der Waals surface area contributed by atoms with E-state index < -0.39 is 0 Å². The van der Waals surface area contributed by atoms with Crippen molar-refractivity contribution >= 4 is 44.9 Å². The van der Waals surface area contributed by atoms with Crippen LogP contribution in [0.25, 0.3) is 0 Å². The summed E-state index contributed by atoms with van der Waals surface area (Å²) in [6, 6.07) is 3.05. The number of benzene rings is 1. The molecular formula is C8H5BrCl2O2. The number of hydrogen-bond donors (Lipinski definition) is 1. The fourth-order valence-corrected chi connectivity index (χ4v) is 1.69. The molecule has 0 saturated heterocycles. The van der Waals surface area contributed by atoms with Crippen molar-refractivity contribution in [1.29, 1.82) is 0 Å². The van der Waals surface area contributed by atoms with E-state index in [0.29, 0.717) is 4.47 Å². The highest BCUT2D eigenvalue weighted by Crippen LogP contribution is 2.34. The first-order chi connectivity index (χ1) is 6.07. The molecule has 0 aliphatic rings. The third-order valence-corrected chi connectivity index (χ3v) is 2.75. The zero-order valence-electron chi connectivity index (χ0n) is 6.35. The molecule has 0 aliphatic heterocycles. The van der Waals surface area contributed by atoms with Gasteiger partial charge in [-0.05, 0) is 28.1 Å². The van der Waals surface area contributed by atoms with E-state index in [1.54, 1.807) is 6.07 Å². The largest absolute Gasteiger partial charge is 0.505 e. The molecule has 13 heavy (non-hydrogen) atoms. The van der Waals surface area contributed by atoms with Crippen LogP contribution in [0.2, 0.25) is 5.02 Å². The average Bonchev–Trinajstić information content (AvgIpc) is 2.13. The smallest absolute Gasteiger partial charge is 0.179 e. The van der Waals surface area contributed by atoms with Crippen molar-refractivity contribution in [3.05, 3.63) is 27.2 Å². The number of alkyl halides is 1. The van der Waals surface area contributed by atoms with Gasteiger partial charge in [0.25, 0.3) is 0 Å². The van der Waals surface area contributed by atoms with Gasteiger partial charge in [-0.2, -0.15) is 0 Å². The number of carbonyl (C=O) groups is 1. The number of halogens is 3. The van der Waals surface area contributed by atoms with E-state index in [2.05, 4.69) is 15.9 Å². The van der Waals surface area contributed by atoms with Crippen molar-refractivity contribution in [3.63, 3.8) is 0 Å². The van der Waals surface area contributed by atoms with E-state index in [9.17, 15) is 9.90 Å². The molecule has 1 aromatic carbocycles. The molecule has 5 heteroatoms. The minimum atomic E-state index is -0.311. The Morgan fingerprint density at radius 2 is 2.15 bits per heavy atom. The predicted octanol–water partition coefficient (Wildman–Crippen LogP) is 3.23. The lowest BCUT2D eigenvalue weighted by atomic mass is 10.1. The Morgan fingerprint density at radius 1 is 1.54 bits per heavy atom. The van der Waals surface area contributed by atoms with Crippen LogP contribution >= 0.6 is 39.1 Å². The predicted molar refractivity (Wildman–Crippen MR) is 55.9 cm³/mol. The monoisotopic (exact) mass is 282 g/mol. The first-order valence-corrected chi connectivity index (χ1v) is 5.04. The van der Waals surface area contributed by atoms with Crippen molar-refractivity contribution in [2.75, 3.05) is 5.88 Å². The standard InChI is InChI=1S/C8H5BrCl2O2/c9-5-2-1-4(6(12)3-10)7(11)8(5)13/h1-2,13H,3H2. The van der Waals surface area contributed by atoms with E-state index in [1.807, 2.05) is 0 Å². The quantitative estimate of drug-likeness (QED) is 0.668. The number of rotatable bonds is 2. The first kappa shape index (κ1) is 10.8. The lowest BCUT2D eigenvalue weighted by Crippen LogP contribution is -2.01. The maximum absolute atomic E-state index is 11.2. The molecule has 0 unspecified atom stereocenters. The average molecular weight is 284 g/mol. The second-order valence-corrected chi connectivity index (χ2v) is 3.81. The van der Waals surface area contributed by atoms with Crippen LogP contribution in [0.1, 0.15) is 10.4 Å². The molecule has 0 fully saturated rings. The summed E-state index contributed by atoms with van der Waals surface area (Å²) >= 11 is 14.1. The van der Waals surface area contributed by atoms with Gasteiger partial charge in [0.2, 0.25) is 0 Å². The highest BCUT2D eigenvalue weighted by atomic mass is 79.9. The van der Waals surface area contributed by atoms with E-state index >= 15 is 0 Å². The van der Waals surface area contributed by atoms with E-state index in [1.165, 1.54) is 6.07 Å². The van der Waals surface area contributed by atoms with Crippen LogP contribution in [0.15, 0.2) is 16.6 Å². The number of phenolic OH excluding ortho intramolecular Hbond substituents is 1.